The molecule has 7 heteroatoms. The van der Waals surface area contributed by atoms with Crippen molar-refractivity contribution < 1.29 is 0 Å². The highest BCUT2D eigenvalue weighted by Gasteiger charge is 2.04. The van der Waals surface area contributed by atoms with Crippen molar-refractivity contribution in [2.75, 3.05) is 25.5 Å². The van der Waals surface area contributed by atoms with Gasteiger partial charge in [-0.3, -0.25) is 4.99 Å². The molecule has 0 saturated heterocycles. The maximum absolute atomic E-state index is 5.53. The zero-order valence-corrected chi connectivity index (χ0v) is 10.7. The molecule has 1 rings (SSSR count). The SMILES string of the molecule is CN=C/C(=N\N)c1cnc(NCC(C)CN)cn1. The summed E-state index contributed by atoms with van der Waals surface area (Å²) in [6.07, 6.45) is 4.77. The molecule has 0 spiro atoms. The first-order chi connectivity index (χ1) is 8.71. The Morgan fingerprint density at radius 1 is 1.50 bits per heavy atom. The van der Waals surface area contributed by atoms with E-state index in [0.717, 1.165) is 6.54 Å². The second kappa shape index (κ2) is 7.33. The maximum atomic E-state index is 5.53. The average molecular weight is 249 g/mol. The normalized spacial score (nSPS) is 13.8. The second-order valence-electron chi connectivity index (χ2n) is 3.91. The van der Waals surface area contributed by atoms with E-state index in [1.807, 2.05) is 0 Å². The van der Waals surface area contributed by atoms with E-state index < -0.39 is 0 Å². The van der Waals surface area contributed by atoms with Crippen LogP contribution in [0.15, 0.2) is 22.5 Å². The van der Waals surface area contributed by atoms with Crippen LogP contribution in [0, 0.1) is 5.92 Å². The van der Waals surface area contributed by atoms with Crippen LogP contribution in [0.2, 0.25) is 0 Å². The molecular weight excluding hydrogens is 230 g/mol. The largest absolute Gasteiger partial charge is 0.368 e. The Bertz CT molecular complexity index is 410. The Balaban J connectivity index is 2.68. The highest BCUT2D eigenvalue weighted by atomic mass is 15.1. The van der Waals surface area contributed by atoms with E-state index in [0.29, 0.717) is 29.7 Å². The van der Waals surface area contributed by atoms with Gasteiger partial charge in [0.05, 0.1) is 18.6 Å². The fourth-order valence-corrected chi connectivity index (χ4v) is 1.20. The number of hydrazone groups is 1. The van der Waals surface area contributed by atoms with Crippen LogP contribution in [0.3, 0.4) is 0 Å². The molecule has 1 aromatic rings. The molecule has 1 unspecified atom stereocenters. The zero-order valence-electron chi connectivity index (χ0n) is 10.7. The Morgan fingerprint density at radius 3 is 2.78 bits per heavy atom. The van der Waals surface area contributed by atoms with Gasteiger partial charge in [-0.2, -0.15) is 5.10 Å². The summed E-state index contributed by atoms with van der Waals surface area (Å²) in [4.78, 5) is 12.3. The van der Waals surface area contributed by atoms with Crippen LogP contribution in [0.1, 0.15) is 12.6 Å². The van der Waals surface area contributed by atoms with Crippen LogP contribution in [-0.4, -0.2) is 42.0 Å². The molecule has 7 nitrogen and oxygen atoms in total. The molecular formula is C11H19N7. The molecule has 1 aromatic heterocycles. The molecule has 0 aliphatic carbocycles. The minimum Gasteiger partial charge on any atom is -0.368 e. The van der Waals surface area contributed by atoms with Crippen molar-refractivity contribution in [2.24, 2.45) is 27.6 Å². The average Bonchev–Trinajstić information content (AvgIpc) is 2.42. The molecule has 5 N–H and O–H groups in total. The first kappa shape index (κ1) is 14.0. The van der Waals surface area contributed by atoms with E-state index >= 15 is 0 Å². The van der Waals surface area contributed by atoms with Crippen molar-refractivity contribution in [3.63, 3.8) is 0 Å². The molecule has 0 bridgehead atoms. The van der Waals surface area contributed by atoms with Gasteiger partial charge < -0.3 is 16.9 Å². The number of rotatable bonds is 6. The lowest BCUT2D eigenvalue weighted by atomic mass is 10.2. The van der Waals surface area contributed by atoms with Crippen molar-refractivity contribution >= 4 is 17.7 Å². The summed E-state index contributed by atoms with van der Waals surface area (Å²) in [6.45, 7) is 3.46. The number of hydrogen-bond acceptors (Lipinski definition) is 7. The van der Waals surface area contributed by atoms with Crippen LogP contribution in [0.4, 0.5) is 5.82 Å². The van der Waals surface area contributed by atoms with Gasteiger partial charge in [0, 0.05) is 13.6 Å². The van der Waals surface area contributed by atoms with E-state index in [-0.39, 0.29) is 0 Å². The van der Waals surface area contributed by atoms with Crippen molar-refractivity contribution in [1.29, 1.82) is 0 Å². The fraction of sp³-hybridized carbons (Fsp3) is 0.455. The van der Waals surface area contributed by atoms with Gasteiger partial charge in [0.2, 0.25) is 0 Å². The molecule has 0 fully saturated rings. The second-order valence-corrected chi connectivity index (χ2v) is 3.91. The minimum atomic E-state index is 0.389. The van der Waals surface area contributed by atoms with Gasteiger partial charge in [-0.15, -0.1) is 0 Å². The lowest BCUT2D eigenvalue weighted by molar-refractivity contribution is 0.626. The number of anilines is 1. The van der Waals surface area contributed by atoms with Crippen molar-refractivity contribution in [1.82, 2.24) is 9.97 Å². The summed E-state index contributed by atoms with van der Waals surface area (Å²) in [5, 5.41) is 6.75. The van der Waals surface area contributed by atoms with Gasteiger partial charge in [0.1, 0.15) is 17.2 Å². The van der Waals surface area contributed by atoms with Crippen molar-refractivity contribution in [2.45, 2.75) is 6.92 Å². The standard InChI is InChI=1S/C11H19N7/c1-8(3-12)4-16-11-7-15-9(6-17-11)10(18-13)5-14-2/h5-8H,3-4,12-13H2,1-2H3,(H,16,17)/b14-5?,18-10+. The molecule has 0 saturated carbocycles. The van der Waals surface area contributed by atoms with Gasteiger partial charge in [-0.05, 0) is 12.5 Å². The lowest BCUT2D eigenvalue weighted by Gasteiger charge is -2.10. The van der Waals surface area contributed by atoms with Crippen LogP contribution < -0.4 is 16.9 Å². The van der Waals surface area contributed by atoms with Gasteiger partial charge >= 0.3 is 0 Å². The summed E-state index contributed by atoms with van der Waals surface area (Å²) < 4.78 is 0. The summed E-state index contributed by atoms with van der Waals surface area (Å²) in [5.41, 5.74) is 6.61. The first-order valence-corrected chi connectivity index (χ1v) is 5.67. The topological polar surface area (TPSA) is 115 Å². The van der Waals surface area contributed by atoms with E-state index in [9.17, 15) is 0 Å². The first-order valence-electron chi connectivity index (χ1n) is 5.67. The smallest absolute Gasteiger partial charge is 0.144 e. The maximum Gasteiger partial charge on any atom is 0.144 e. The van der Waals surface area contributed by atoms with Gasteiger partial charge in [-0.25, -0.2) is 9.97 Å². The van der Waals surface area contributed by atoms with E-state index in [2.05, 4.69) is 32.3 Å². The molecule has 0 aliphatic rings. The molecule has 98 valence electrons. The van der Waals surface area contributed by atoms with E-state index in [4.69, 9.17) is 11.6 Å². The predicted molar refractivity (Wildman–Crippen MR) is 73.9 cm³/mol. The number of aromatic nitrogens is 2. The predicted octanol–water partition coefficient (Wildman–Crippen LogP) is -0.153. The zero-order chi connectivity index (χ0) is 13.4. The number of aliphatic imine (C=N–C) groups is 1. The van der Waals surface area contributed by atoms with Crippen LogP contribution in [-0.2, 0) is 0 Å². The third-order valence-corrected chi connectivity index (χ3v) is 2.34. The molecule has 0 aromatic carbocycles. The number of nitrogens with two attached hydrogens (primary N) is 2. The van der Waals surface area contributed by atoms with Gasteiger partial charge in [0.15, 0.2) is 0 Å². The summed E-state index contributed by atoms with van der Waals surface area (Å²) >= 11 is 0. The molecule has 1 heterocycles. The molecule has 18 heavy (non-hydrogen) atoms. The Morgan fingerprint density at radius 2 is 2.28 bits per heavy atom. The summed E-state index contributed by atoms with van der Waals surface area (Å²) in [7, 11) is 1.64. The van der Waals surface area contributed by atoms with Crippen LogP contribution >= 0.6 is 0 Å². The molecule has 0 amide bonds. The minimum absolute atomic E-state index is 0.389. The highest BCUT2D eigenvalue weighted by molar-refractivity contribution is 6.37. The molecule has 0 radical (unpaired) electrons. The quantitative estimate of drug-likeness (QED) is 0.368. The van der Waals surface area contributed by atoms with Crippen molar-refractivity contribution in [3.8, 4) is 0 Å². The Kier molecular flexibility index (Phi) is 5.72. The Hall–Kier alpha value is -2.02. The third-order valence-electron chi connectivity index (χ3n) is 2.34. The van der Waals surface area contributed by atoms with Gasteiger partial charge in [0.25, 0.3) is 0 Å². The van der Waals surface area contributed by atoms with E-state index in [1.54, 1.807) is 19.4 Å². The number of nitrogens with zero attached hydrogens (tertiary/aromatic N) is 4. The fourth-order valence-electron chi connectivity index (χ4n) is 1.20. The highest BCUT2D eigenvalue weighted by Crippen LogP contribution is 2.03. The number of hydrogen-bond donors (Lipinski definition) is 3. The number of nitrogens with one attached hydrogen (secondary N) is 1. The Labute approximate surface area is 106 Å². The van der Waals surface area contributed by atoms with Crippen molar-refractivity contribution in [3.05, 3.63) is 18.1 Å². The monoisotopic (exact) mass is 249 g/mol. The molecule has 1 atom stereocenters. The molecule has 0 aliphatic heterocycles. The van der Waals surface area contributed by atoms with Crippen LogP contribution in [0.25, 0.3) is 0 Å². The van der Waals surface area contributed by atoms with Gasteiger partial charge in [-0.1, -0.05) is 6.92 Å². The third kappa shape index (κ3) is 4.10. The summed E-state index contributed by atoms with van der Waals surface area (Å²) in [5.74, 6) is 6.33. The summed E-state index contributed by atoms with van der Waals surface area (Å²) in [6, 6.07) is 0. The van der Waals surface area contributed by atoms with E-state index in [1.165, 1.54) is 6.21 Å². The van der Waals surface area contributed by atoms with Crippen LogP contribution in [0.5, 0.6) is 0 Å². The lowest BCUT2D eigenvalue weighted by Crippen LogP contribution is -2.20.